The molecule has 4 atom stereocenters. The van der Waals surface area contributed by atoms with Crippen LogP contribution in [0.5, 0.6) is 0 Å². The first-order chi connectivity index (χ1) is 38.1. The Labute approximate surface area is 541 Å². The summed E-state index contributed by atoms with van der Waals surface area (Å²) < 4.78 is 87.3. The summed E-state index contributed by atoms with van der Waals surface area (Å²) in [6.07, 6.45) is 6.30. The normalized spacial score (nSPS) is 20.2. The first kappa shape index (κ1) is 74.8. The number of aliphatic imine (C=N–C) groups is 2. The number of amidine groups is 2. The number of nitrogens with zero attached hydrogens (tertiary/aromatic N) is 5. The van der Waals surface area contributed by atoms with Crippen molar-refractivity contribution in [1.29, 1.82) is 0 Å². The van der Waals surface area contributed by atoms with Crippen LogP contribution in [0.25, 0.3) is 0 Å². The van der Waals surface area contributed by atoms with Crippen molar-refractivity contribution in [3.8, 4) is 0 Å². The molecule has 0 bridgehead atoms. The van der Waals surface area contributed by atoms with E-state index in [9.17, 15) is 36.7 Å². The fourth-order valence-electron chi connectivity index (χ4n) is 8.09. The van der Waals surface area contributed by atoms with Crippen LogP contribution in [-0.4, -0.2) is 124 Å². The van der Waals surface area contributed by atoms with Crippen LogP contribution in [0, 0.1) is 40.5 Å². The monoisotopic (exact) mass is 1690 g/mol. The molecule has 2 N–H and O–H groups in total. The molecule has 4 aliphatic rings. The van der Waals surface area contributed by atoms with Gasteiger partial charge in [0.25, 0.3) is 0 Å². The number of halogens is 8. The van der Waals surface area contributed by atoms with E-state index < -0.39 is 58.3 Å². The third kappa shape index (κ3) is 21.6. The van der Waals surface area contributed by atoms with Gasteiger partial charge in [-0.05, 0) is 69.0 Å². The Morgan fingerprint density at radius 3 is 1.65 bits per heavy atom. The Morgan fingerprint density at radius 2 is 1.23 bits per heavy atom. The van der Waals surface area contributed by atoms with Gasteiger partial charge in [-0.15, -0.1) is 22.7 Å². The Kier molecular flexibility index (Phi) is 35.1. The molecule has 81 heavy (non-hydrogen) atoms. The summed E-state index contributed by atoms with van der Waals surface area (Å²) in [5.41, 5.74) is -0.894. The zero-order valence-corrected chi connectivity index (χ0v) is 58.7. The summed E-state index contributed by atoms with van der Waals surface area (Å²) in [7, 11) is 5.19. The van der Waals surface area contributed by atoms with Crippen molar-refractivity contribution >= 4 is 141 Å². The second-order valence-corrected chi connectivity index (χ2v) is 54.9. The van der Waals surface area contributed by atoms with Gasteiger partial charge in [0.2, 0.25) is 0 Å². The van der Waals surface area contributed by atoms with Gasteiger partial charge in [-0.1, -0.05) is 19.1 Å². The van der Waals surface area contributed by atoms with Crippen molar-refractivity contribution in [3.63, 3.8) is 0 Å². The van der Waals surface area contributed by atoms with Gasteiger partial charge in [0.15, 0.2) is 45.0 Å². The second kappa shape index (κ2) is 38.0. The molecule has 0 amide bonds. The number of carbonyl (C=O) groups excluding carboxylic acids is 4. The number of hydrogen-bond acceptors (Lipinski definition) is 19. The van der Waals surface area contributed by atoms with E-state index in [1.54, 1.807) is 50.8 Å². The summed E-state index contributed by atoms with van der Waals surface area (Å²) >= 11 is 12.3. The van der Waals surface area contributed by atoms with Gasteiger partial charge in [0, 0.05) is 72.8 Å². The van der Waals surface area contributed by atoms with Crippen LogP contribution in [0.1, 0.15) is 75.0 Å². The molecule has 1 radical (unpaired) electrons. The Balaban J connectivity index is 0.000000421. The van der Waals surface area contributed by atoms with Crippen molar-refractivity contribution in [1.82, 2.24) is 25.5 Å². The first-order valence-electron chi connectivity index (χ1n) is 24.2. The number of thiazole rings is 2. The molecule has 29 heteroatoms. The largest absolute Gasteiger partial charge is 0 e. The number of methoxy groups -OCH3 is 4. The molecule has 2 unspecified atom stereocenters. The van der Waals surface area contributed by atoms with Gasteiger partial charge < -0.3 is 68.6 Å². The summed E-state index contributed by atoms with van der Waals surface area (Å²) in [6.45, 7) is 14.4. The molecule has 4 aromatic rings. The van der Waals surface area contributed by atoms with Crippen LogP contribution in [0.4, 0.5) is 17.6 Å². The van der Waals surface area contributed by atoms with Gasteiger partial charge in [-0.2, -0.15) is 13.3 Å². The molecule has 2 aromatic heterocycles. The molecule has 8 rings (SSSR count). The second-order valence-electron chi connectivity index (χ2n) is 16.9. The summed E-state index contributed by atoms with van der Waals surface area (Å²) in [5, 5.41) is 10.9. The summed E-state index contributed by atoms with van der Waals surface area (Å²) in [4.78, 5) is 68.1. The van der Waals surface area contributed by atoms with Crippen LogP contribution in [-0.2, 0) is 82.2 Å². The van der Waals surface area contributed by atoms with Crippen LogP contribution < -0.4 is 10.6 Å². The van der Waals surface area contributed by atoms with Crippen molar-refractivity contribution in [3.05, 3.63) is 138 Å². The van der Waals surface area contributed by atoms with E-state index in [1.165, 1.54) is 69.7 Å². The van der Waals surface area contributed by atoms with E-state index >= 15 is 0 Å². The van der Waals surface area contributed by atoms with E-state index in [-0.39, 0.29) is 65.2 Å². The fourth-order valence-corrected chi connectivity index (χ4v) is 9.25. The average Bonchev–Trinajstić information content (AvgIpc) is 4.36. The third-order valence-electron chi connectivity index (χ3n) is 11.8. The smallest absolute Gasteiger partial charge is 0 e. The molecule has 17 nitrogen and oxygen atoms in total. The molecule has 2 aromatic carbocycles. The molecule has 2 fully saturated rings. The summed E-state index contributed by atoms with van der Waals surface area (Å²) in [6, 6.07) is 6.14. The molecule has 4 aliphatic heterocycles. The Bertz CT molecular complexity index is 2800. The third-order valence-corrected chi connectivity index (χ3v) is 14.3. The predicted molar refractivity (Wildman–Crippen MR) is 330 cm³/mol. The number of carbonyl (C=O) groups is 4. The standard InChI is InChI=1S/C23H24F2N4O5S.C17H15F2N3O2S.C7H12O3.C3H6I.C2H5.3HI.2V/c1-23(13-4-5-14(24)15(25)10-13)18(22(31)33-3)16(27-19(28-23)20-26-6-9-35-20)11-29-7-8-34-12-17(29)21(30)32-2;1-9-13(16(23)24-3)17(2,10-4-5-11(18)12(19)8-10)22-14(21-9)15-20-6-7-25-15;1-9-7(8)6-3-2-4-10-5-6;1-2-3-4;1-2;;;;;/h4-6,9-10,17H,7-8,11-12H2,1-3H3,(H,27,28);4-8H,1-3H3,(H,21,22);6H,2-5H2,1H3;3H,2H2,1H3;1H2,2H3;3*1H;;/q;;;2*-1;;;;;+3/p-3/t17-,23?;;6-;;;;;;;/m0.0......./s1. The molecule has 0 spiro atoms. The number of rotatable bonds is 11. The minimum absolute atomic E-state index is 0. The molecule has 6 heterocycles. The number of morpholine rings is 1. The van der Waals surface area contributed by atoms with Crippen LogP contribution in [0.15, 0.2) is 92.1 Å². The quantitative estimate of drug-likeness (QED) is 0.0472. The van der Waals surface area contributed by atoms with Gasteiger partial charge in [-0.25, -0.2) is 47.1 Å². The molecule has 0 aliphatic carbocycles. The number of esters is 4. The Hall–Kier alpha value is -2.31. The van der Waals surface area contributed by atoms with Crippen LogP contribution in [0.2, 0.25) is 0 Å². The molecule has 0 saturated carbocycles. The summed E-state index contributed by atoms with van der Waals surface area (Å²) in [5.74, 6) is -5.20. The van der Waals surface area contributed by atoms with Crippen LogP contribution >= 0.6 is 105 Å². The van der Waals surface area contributed by atoms with Gasteiger partial charge in [0.05, 0.1) is 65.3 Å². The average molecular weight is 1690 g/mol. The zero-order chi connectivity index (χ0) is 59.7. The molecule has 2 saturated heterocycles. The minimum Gasteiger partial charge on any atom is 0 e. The van der Waals surface area contributed by atoms with Gasteiger partial charge in [-0.3, -0.25) is 18.9 Å². The fraction of sp³-hybridized carbons (Fsp3) is 0.423. The van der Waals surface area contributed by atoms with Crippen molar-refractivity contribution < 1.29 is 88.6 Å². The number of benzene rings is 2. The topological polar surface area (TPSA) is 201 Å². The van der Waals surface area contributed by atoms with Crippen molar-refractivity contribution in [2.75, 3.05) is 68.0 Å². The SMILES string of the molecule is CC[CH-]I.COC(=O)C1=C(C)NC(c2nccs2)=NC1(C)c1ccc(F)c(F)c1.COC(=O)C1=C(CN2CCOC[C@H]2C(=O)OC)NC(c2nccs2)=NC1(C)c1ccc(F)c(F)c1.COC(=O)[C@H]1CCCOC1.[CH2-]C.[I][V]([I])[I].[V]. The van der Waals surface area contributed by atoms with Crippen molar-refractivity contribution in [2.45, 2.75) is 71.0 Å². The minimum atomic E-state index is -1.45. The van der Waals surface area contributed by atoms with E-state index in [2.05, 4.69) is 131 Å². The van der Waals surface area contributed by atoms with E-state index in [0.717, 1.165) is 43.7 Å². The maximum absolute atomic E-state index is 14.3. The van der Waals surface area contributed by atoms with E-state index in [1.807, 2.05) is 4.90 Å². The maximum Gasteiger partial charge on any atom is 0 e. The Morgan fingerprint density at radius 1 is 0.765 bits per heavy atom. The maximum atomic E-state index is 14.3. The first-order valence-corrected chi connectivity index (χ1v) is 40.7. The van der Waals surface area contributed by atoms with E-state index in [0.29, 0.717) is 58.4 Å². The van der Waals surface area contributed by atoms with Gasteiger partial charge >= 0.3 is 88.7 Å². The molecular formula is C52H62F4I4N7O10S2V2-2. The number of aromatic nitrogens is 2. The van der Waals surface area contributed by atoms with Crippen molar-refractivity contribution in [2.24, 2.45) is 15.9 Å². The van der Waals surface area contributed by atoms with Gasteiger partial charge in [0.1, 0.15) is 17.1 Å². The van der Waals surface area contributed by atoms with Crippen LogP contribution in [0.3, 0.4) is 0 Å². The van der Waals surface area contributed by atoms with E-state index in [4.69, 9.17) is 28.7 Å². The molecule has 445 valence electrons. The molecular weight excluding hydrogens is 1630 g/mol. The predicted octanol–water partition coefficient (Wildman–Crippen LogP) is 11.2. The number of ether oxygens (including phenoxy) is 6. The number of hydrogen-bond donors (Lipinski definition) is 2. The zero-order valence-electron chi connectivity index (χ0n) is 45.6. The number of nitrogens with one attached hydrogen (secondary N) is 2. The number of allylic oxidation sites excluding steroid dienone is 1.